The van der Waals surface area contributed by atoms with Gasteiger partial charge in [-0.3, -0.25) is 4.79 Å². The smallest absolute Gasteiger partial charge is 0.259 e. The number of aryl methyl sites for hydroxylation is 2. The lowest BCUT2D eigenvalue weighted by atomic mass is 10.2. The summed E-state index contributed by atoms with van der Waals surface area (Å²) in [7, 11) is 0. The molecule has 88 valence electrons. The van der Waals surface area contributed by atoms with E-state index in [1.54, 1.807) is 19.1 Å². The Bertz CT molecular complexity index is 558. The van der Waals surface area contributed by atoms with Gasteiger partial charge < -0.3 is 15.5 Å². The summed E-state index contributed by atoms with van der Waals surface area (Å²) in [5.74, 6) is 0.375. The molecule has 0 bridgehead atoms. The summed E-state index contributed by atoms with van der Waals surface area (Å²) >= 11 is 0. The van der Waals surface area contributed by atoms with Gasteiger partial charge >= 0.3 is 0 Å². The molecule has 0 aliphatic heterocycles. The molecule has 2 rings (SSSR count). The first-order chi connectivity index (χ1) is 8.08. The molecule has 3 N–H and O–H groups in total. The number of nitrogens with one attached hydrogen (secondary N) is 1. The SMILES string of the molecule is Cc1ccc(NC(=O)c2ccoc2C)c(N)c1. The zero-order chi connectivity index (χ0) is 12.4. The Morgan fingerprint density at radius 1 is 1.29 bits per heavy atom. The minimum absolute atomic E-state index is 0.216. The summed E-state index contributed by atoms with van der Waals surface area (Å²) < 4.78 is 5.08. The van der Waals surface area contributed by atoms with Crippen molar-refractivity contribution >= 4 is 17.3 Å². The van der Waals surface area contributed by atoms with Crippen molar-refractivity contribution in [2.24, 2.45) is 0 Å². The predicted molar refractivity (Wildman–Crippen MR) is 67.0 cm³/mol. The lowest BCUT2D eigenvalue weighted by Gasteiger charge is -2.08. The number of amides is 1. The van der Waals surface area contributed by atoms with Crippen molar-refractivity contribution in [3.63, 3.8) is 0 Å². The van der Waals surface area contributed by atoms with E-state index in [1.807, 2.05) is 19.1 Å². The Hall–Kier alpha value is -2.23. The minimum atomic E-state index is -0.216. The highest BCUT2D eigenvalue weighted by molar-refractivity contribution is 6.06. The van der Waals surface area contributed by atoms with Crippen LogP contribution in [-0.2, 0) is 0 Å². The lowest BCUT2D eigenvalue weighted by molar-refractivity contribution is 0.102. The summed E-state index contributed by atoms with van der Waals surface area (Å²) in [4.78, 5) is 11.9. The van der Waals surface area contributed by atoms with Crippen molar-refractivity contribution in [2.75, 3.05) is 11.1 Å². The standard InChI is InChI=1S/C13H14N2O2/c1-8-3-4-12(11(14)7-8)15-13(16)10-5-6-17-9(10)2/h3-7H,14H2,1-2H3,(H,15,16). The van der Waals surface area contributed by atoms with Crippen LogP contribution in [0.15, 0.2) is 34.9 Å². The third-order valence-corrected chi connectivity index (χ3v) is 2.56. The van der Waals surface area contributed by atoms with Crippen LogP contribution in [0.5, 0.6) is 0 Å². The molecule has 1 heterocycles. The molecule has 0 saturated carbocycles. The monoisotopic (exact) mass is 230 g/mol. The minimum Gasteiger partial charge on any atom is -0.469 e. The van der Waals surface area contributed by atoms with Crippen LogP contribution in [-0.4, -0.2) is 5.91 Å². The summed E-state index contributed by atoms with van der Waals surface area (Å²) in [5, 5.41) is 2.76. The fourth-order valence-corrected chi connectivity index (χ4v) is 1.61. The second-order valence-electron chi connectivity index (χ2n) is 3.94. The lowest BCUT2D eigenvalue weighted by Crippen LogP contribution is -2.13. The first-order valence-corrected chi connectivity index (χ1v) is 5.29. The van der Waals surface area contributed by atoms with Gasteiger partial charge in [0.15, 0.2) is 0 Å². The quantitative estimate of drug-likeness (QED) is 0.779. The predicted octanol–water partition coefficient (Wildman–Crippen LogP) is 2.73. The van der Waals surface area contributed by atoms with E-state index in [4.69, 9.17) is 10.2 Å². The van der Waals surface area contributed by atoms with Crippen LogP contribution < -0.4 is 11.1 Å². The van der Waals surface area contributed by atoms with Gasteiger partial charge in [0.1, 0.15) is 5.76 Å². The molecular formula is C13H14N2O2. The molecule has 0 saturated heterocycles. The molecule has 0 fully saturated rings. The number of carbonyl (C=O) groups excluding carboxylic acids is 1. The molecule has 0 aliphatic rings. The second kappa shape index (κ2) is 4.33. The number of nitrogens with two attached hydrogens (primary N) is 1. The normalized spacial score (nSPS) is 10.2. The fraction of sp³-hybridized carbons (Fsp3) is 0.154. The highest BCUT2D eigenvalue weighted by Gasteiger charge is 2.12. The molecule has 2 aromatic rings. The number of nitrogen functional groups attached to an aromatic ring is 1. The van der Waals surface area contributed by atoms with E-state index in [0.29, 0.717) is 22.7 Å². The van der Waals surface area contributed by atoms with E-state index in [9.17, 15) is 4.79 Å². The Labute approximate surface area is 99.4 Å². The highest BCUT2D eigenvalue weighted by Crippen LogP contribution is 2.21. The first-order valence-electron chi connectivity index (χ1n) is 5.29. The van der Waals surface area contributed by atoms with Crippen molar-refractivity contribution in [1.82, 2.24) is 0 Å². The first kappa shape index (κ1) is 11.3. The molecule has 1 aromatic carbocycles. The molecule has 1 aromatic heterocycles. The molecule has 0 radical (unpaired) electrons. The Morgan fingerprint density at radius 3 is 2.65 bits per heavy atom. The van der Waals surface area contributed by atoms with E-state index in [2.05, 4.69) is 5.32 Å². The van der Waals surface area contributed by atoms with Gasteiger partial charge in [0.2, 0.25) is 0 Å². The largest absolute Gasteiger partial charge is 0.469 e. The third-order valence-electron chi connectivity index (χ3n) is 2.56. The Kier molecular flexibility index (Phi) is 2.87. The van der Waals surface area contributed by atoms with Gasteiger partial charge in [-0.2, -0.15) is 0 Å². The zero-order valence-electron chi connectivity index (χ0n) is 9.78. The number of carbonyl (C=O) groups is 1. The summed E-state index contributed by atoms with van der Waals surface area (Å²) in [6.07, 6.45) is 1.49. The number of furan rings is 1. The summed E-state index contributed by atoms with van der Waals surface area (Å²) in [5.41, 5.74) is 8.56. The maximum atomic E-state index is 11.9. The second-order valence-corrected chi connectivity index (χ2v) is 3.94. The molecule has 0 aliphatic carbocycles. The fourth-order valence-electron chi connectivity index (χ4n) is 1.61. The van der Waals surface area contributed by atoms with E-state index >= 15 is 0 Å². The number of rotatable bonds is 2. The van der Waals surface area contributed by atoms with Gasteiger partial charge in [-0.25, -0.2) is 0 Å². The van der Waals surface area contributed by atoms with E-state index in [1.165, 1.54) is 6.26 Å². The van der Waals surface area contributed by atoms with Gasteiger partial charge in [-0.15, -0.1) is 0 Å². The van der Waals surface area contributed by atoms with E-state index in [0.717, 1.165) is 5.56 Å². The number of benzene rings is 1. The molecule has 0 atom stereocenters. The third kappa shape index (κ3) is 2.30. The van der Waals surface area contributed by atoms with Crippen molar-refractivity contribution in [2.45, 2.75) is 13.8 Å². The van der Waals surface area contributed by atoms with Gasteiger partial charge in [-0.1, -0.05) is 6.07 Å². The summed E-state index contributed by atoms with van der Waals surface area (Å²) in [6.45, 7) is 3.69. The van der Waals surface area contributed by atoms with Crippen LogP contribution in [0.2, 0.25) is 0 Å². The molecule has 0 unspecified atom stereocenters. The van der Waals surface area contributed by atoms with Crippen LogP contribution in [0, 0.1) is 13.8 Å². The average Bonchev–Trinajstić information content (AvgIpc) is 2.68. The van der Waals surface area contributed by atoms with E-state index < -0.39 is 0 Å². The van der Waals surface area contributed by atoms with Crippen LogP contribution >= 0.6 is 0 Å². The van der Waals surface area contributed by atoms with Crippen LogP contribution in [0.3, 0.4) is 0 Å². The zero-order valence-corrected chi connectivity index (χ0v) is 9.78. The van der Waals surface area contributed by atoms with Crippen molar-refractivity contribution < 1.29 is 9.21 Å². The number of anilines is 2. The number of hydrogen-bond acceptors (Lipinski definition) is 3. The topological polar surface area (TPSA) is 68.3 Å². The maximum absolute atomic E-state index is 11.9. The molecular weight excluding hydrogens is 216 g/mol. The van der Waals surface area contributed by atoms with Gasteiger partial charge in [0, 0.05) is 0 Å². The Balaban J connectivity index is 2.22. The highest BCUT2D eigenvalue weighted by atomic mass is 16.3. The van der Waals surface area contributed by atoms with Gasteiger partial charge in [-0.05, 0) is 37.6 Å². The molecule has 1 amide bonds. The molecule has 4 heteroatoms. The Morgan fingerprint density at radius 2 is 2.06 bits per heavy atom. The van der Waals surface area contributed by atoms with Crippen LogP contribution in [0.4, 0.5) is 11.4 Å². The van der Waals surface area contributed by atoms with Crippen LogP contribution in [0.1, 0.15) is 21.7 Å². The van der Waals surface area contributed by atoms with Crippen molar-refractivity contribution in [3.05, 3.63) is 47.4 Å². The summed E-state index contributed by atoms with van der Waals surface area (Å²) in [6, 6.07) is 7.14. The molecule has 4 nitrogen and oxygen atoms in total. The van der Waals surface area contributed by atoms with Crippen molar-refractivity contribution in [1.29, 1.82) is 0 Å². The average molecular weight is 230 g/mol. The number of hydrogen-bond donors (Lipinski definition) is 2. The molecule has 0 spiro atoms. The van der Waals surface area contributed by atoms with Gasteiger partial charge in [0.05, 0.1) is 23.2 Å². The van der Waals surface area contributed by atoms with Gasteiger partial charge in [0.25, 0.3) is 5.91 Å². The van der Waals surface area contributed by atoms with Crippen LogP contribution in [0.25, 0.3) is 0 Å². The van der Waals surface area contributed by atoms with Crippen molar-refractivity contribution in [3.8, 4) is 0 Å². The van der Waals surface area contributed by atoms with E-state index in [-0.39, 0.29) is 5.91 Å². The molecule has 17 heavy (non-hydrogen) atoms. The maximum Gasteiger partial charge on any atom is 0.259 e.